The average molecular weight is 314 g/mol. The maximum Gasteiger partial charge on any atom is 0.220 e. The third-order valence-corrected chi connectivity index (χ3v) is 4.18. The van der Waals surface area contributed by atoms with E-state index in [0.29, 0.717) is 36.1 Å². The molecule has 21 heavy (non-hydrogen) atoms. The molecule has 1 aliphatic rings. The van der Waals surface area contributed by atoms with Crippen molar-refractivity contribution in [1.29, 1.82) is 0 Å². The van der Waals surface area contributed by atoms with Crippen molar-refractivity contribution in [2.24, 2.45) is 5.92 Å². The highest BCUT2D eigenvalue weighted by Gasteiger charge is 2.28. The molecule has 1 unspecified atom stereocenters. The maximum atomic E-state index is 14.0. The van der Waals surface area contributed by atoms with Crippen LogP contribution in [-0.2, 0) is 14.9 Å². The number of carbonyl (C=O) groups is 1. The third-order valence-electron chi connectivity index (χ3n) is 3.87. The van der Waals surface area contributed by atoms with Gasteiger partial charge in [0, 0.05) is 42.2 Å². The molecule has 116 valence electrons. The molecule has 1 N–H and O–H groups in total. The molecule has 0 bridgehead atoms. The van der Waals surface area contributed by atoms with Crippen molar-refractivity contribution in [2.45, 2.75) is 32.1 Å². The summed E-state index contributed by atoms with van der Waals surface area (Å²) in [5.41, 5.74) is -0.124. The van der Waals surface area contributed by atoms with Gasteiger partial charge < -0.3 is 10.1 Å². The van der Waals surface area contributed by atoms with E-state index in [1.807, 2.05) is 13.8 Å². The SMILES string of the molecule is CC(C)(CNC(=O)CC1CCOC1)c1c(F)cccc1Cl. The largest absolute Gasteiger partial charge is 0.381 e. The van der Waals surface area contributed by atoms with Crippen LogP contribution in [0.3, 0.4) is 0 Å². The van der Waals surface area contributed by atoms with Crippen LogP contribution in [0.5, 0.6) is 0 Å². The van der Waals surface area contributed by atoms with Gasteiger partial charge >= 0.3 is 0 Å². The first-order valence-electron chi connectivity index (χ1n) is 7.19. The normalized spacial score (nSPS) is 18.8. The first-order valence-corrected chi connectivity index (χ1v) is 7.57. The molecule has 5 heteroatoms. The summed E-state index contributed by atoms with van der Waals surface area (Å²) in [6.07, 6.45) is 1.39. The van der Waals surface area contributed by atoms with Gasteiger partial charge in [-0.3, -0.25) is 4.79 Å². The van der Waals surface area contributed by atoms with Gasteiger partial charge in [0.25, 0.3) is 0 Å². The second-order valence-electron chi connectivity index (χ2n) is 6.19. The highest BCUT2D eigenvalue weighted by molar-refractivity contribution is 6.31. The van der Waals surface area contributed by atoms with E-state index in [9.17, 15) is 9.18 Å². The number of halogens is 2. The number of benzene rings is 1. The van der Waals surface area contributed by atoms with E-state index in [-0.39, 0.29) is 11.7 Å². The van der Waals surface area contributed by atoms with E-state index in [0.717, 1.165) is 13.0 Å². The molecule has 1 aliphatic heterocycles. The summed E-state index contributed by atoms with van der Waals surface area (Å²) in [4.78, 5) is 12.0. The number of hydrogen-bond acceptors (Lipinski definition) is 2. The Morgan fingerprint density at radius 2 is 2.29 bits per heavy atom. The lowest BCUT2D eigenvalue weighted by Crippen LogP contribution is -2.38. The molecule has 0 aliphatic carbocycles. The lowest BCUT2D eigenvalue weighted by atomic mass is 9.84. The summed E-state index contributed by atoms with van der Waals surface area (Å²) in [5, 5.41) is 3.27. The molecule has 0 spiro atoms. The summed E-state index contributed by atoms with van der Waals surface area (Å²) in [6.45, 7) is 5.47. The number of nitrogens with one attached hydrogen (secondary N) is 1. The third kappa shape index (κ3) is 4.17. The molecule has 0 radical (unpaired) electrons. The van der Waals surface area contributed by atoms with E-state index in [2.05, 4.69) is 5.32 Å². The fourth-order valence-electron chi connectivity index (χ4n) is 2.63. The summed E-state index contributed by atoms with van der Waals surface area (Å²) >= 11 is 6.10. The Kier molecular flexibility index (Phi) is 5.22. The number of hydrogen-bond donors (Lipinski definition) is 1. The summed E-state index contributed by atoms with van der Waals surface area (Å²) in [7, 11) is 0. The minimum Gasteiger partial charge on any atom is -0.381 e. The second kappa shape index (κ2) is 6.75. The number of amides is 1. The van der Waals surface area contributed by atoms with Gasteiger partial charge in [0.15, 0.2) is 0 Å². The maximum absolute atomic E-state index is 14.0. The van der Waals surface area contributed by atoms with Crippen molar-refractivity contribution in [3.8, 4) is 0 Å². The van der Waals surface area contributed by atoms with Gasteiger partial charge in [-0.25, -0.2) is 4.39 Å². The van der Waals surface area contributed by atoms with Crippen LogP contribution in [0, 0.1) is 11.7 Å². The van der Waals surface area contributed by atoms with Crippen LogP contribution < -0.4 is 5.32 Å². The fourth-order valence-corrected chi connectivity index (χ4v) is 3.05. The molecule has 1 saturated heterocycles. The van der Waals surface area contributed by atoms with Crippen LogP contribution in [0.15, 0.2) is 18.2 Å². The van der Waals surface area contributed by atoms with Crippen molar-refractivity contribution in [3.05, 3.63) is 34.6 Å². The molecule has 0 aromatic heterocycles. The monoisotopic (exact) mass is 313 g/mol. The molecule has 1 heterocycles. The van der Waals surface area contributed by atoms with E-state index >= 15 is 0 Å². The lowest BCUT2D eigenvalue weighted by molar-refractivity contribution is -0.122. The Balaban J connectivity index is 1.95. The molecule has 1 atom stereocenters. The average Bonchev–Trinajstić information content (AvgIpc) is 2.89. The highest BCUT2D eigenvalue weighted by atomic mass is 35.5. The van der Waals surface area contributed by atoms with Crippen molar-refractivity contribution in [3.63, 3.8) is 0 Å². The predicted molar refractivity (Wildman–Crippen MR) is 81.0 cm³/mol. The minimum absolute atomic E-state index is 0.0222. The summed E-state index contributed by atoms with van der Waals surface area (Å²) < 4.78 is 19.2. The topological polar surface area (TPSA) is 38.3 Å². The van der Waals surface area contributed by atoms with Crippen LogP contribution in [0.2, 0.25) is 5.02 Å². The van der Waals surface area contributed by atoms with Gasteiger partial charge in [0.1, 0.15) is 5.82 Å². The molecule has 3 nitrogen and oxygen atoms in total. The number of ether oxygens (including phenoxy) is 1. The van der Waals surface area contributed by atoms with E-state index < -0.39 is 5.41 Å². The van der Waals surface area contributed by atoms with Crippen molar-refractivity contribution < 1.29 is 13.9 Å². The Hall–Kier alpha value is -1.13. The smallest absolute Gasteiger partial charge is 0.220 e. The van der Waals surface area contributed by atoms with Crippen LogP contribution >= 0.6 is 11.6 Å². The van der Waals surface area contributed by atoms with Crippen molar-refractivity contribution in [1.82, 2.24) is 5.32 Å². The number of rotatable bonds is 5. The predicted octanol–water partition coefficient (Wildman–Crippen LogP) is 3.30. The van der Waals surface area contributed by atoms with Crippen LogP contribution in [-0.4, -0.2) is 25.7 Å². The Morgan fingerprint density at radius 1 is 1.52 bits per heavy atom. The summed E-state index contributed by atoms with van der Waals surface area (Å²) in [6, 6.07) is 4.63. The Morgan fingerprint density at radius 3 is 2.90 bits per heavy atom. The van der Waals surface area contributed by atoms with Gasteiger partial charge in [0.05, 0.1) is 0 Å². The van der Waals surface area contributed by atoms with Gasteiger partial charge in [-0.15, -0.1) is 0 Å². The van der Waals surface area contributed by atoms with E-state index in [1.54, 1.807) is 12.1 Å². The molecule has 1 fully saturated rings. The first-order chi connectivity index (χ1) is 9.90. The zero-order valence-corrected chi connectivity index (χ0v) is 13.2. The second-order valence-corrected chi connectivity index (χ2v) is 6.60. The van der Waals surface area contributed by atoms with Gasteiger partial charge in [0.2, 0.25) is 5.91 Å². The van der Waals surface area contributed by atoms with Crippen LogP contribution in [0.4, 0.5) is 4.39 Å². The molecule has 1 amide bonds. The summed E-state index contributed by atoms with van der Waals surface area (Å²) in [5.74, 6) is -0.0675. The van der Waals surface area contributed by atoms with E-state index in [1.165, 1.54) is 6.07 Å². The fraction of sp³-hybridized carbons (Fsp3) is 0.562. The Bertz CT molecular complexity index is 493. The zero-order valence-electron chi connectivity index (χ0n) is 12.4. The van der Waals surface area contributed by atoms with Crippen molar-refractivity contribution in [2.75, 3.05) is 19.8 Å². The zero-order chi connectivity index (χ0) is 15.5. The van der Waals surface area contributed by atoms with Crippen molar-refractivity contribution >= 4 is 17.5 Å². The molecule has 2 rings (SSSR count). The first kappa shape index (κ1) is 16.2. The van der Waals surface area contributed by atoms with Crippen LogP contribution in [0.25, 0.3) is 0 Å². The van der Waals surface area contributed by atoms with Gasteiger partial charge in [-0.1, -0.05) is 31.5 Å². The molecule has 1 aromatic rings. The lowest BCUT2D eigenvalue weighted by Gasteiger charge is -2.27. The standard InChI is InChI=1S/C16H21ClFNO2/c1-16(2,15-12(17)4-3-5-13(15)18)10-19-14(20)8-11-6-7-21-9-11/h3-5,11H,6-10H2,1-2H3,(H,19,20). The van der Waals surface area contributed by atoms with Gasteiger partial charge in [-0.05, 0) is 24.5 Å². The van der Waals surface area contributed by atoms with Gasteiger partial charge in [-0.2, -0.15) is 0 Å². The van der Waals surface area contributed by atoms with Crippen LogP contribution in [0.1, 0.15) is 32.3 Å². The highest BCUT2D eigenvalue weighted by Crippen LogP contribution is 2.31. The molecule has 1 aromatic carbocycles. The molecule has 0 saturated carbocycles. The number of carbonyl (C=O) groups excluding carboxylic acids is 1. The van der Waals surface area contributed by atoms with E-state index in [4.69, 9.17) is 16.3 Å². The molecular weight excluding hydrogens is 293 g/mol. The quantitative estimate of drug-likeness (QED) is 0.906. The molecular formula is C16H21ClFNO2. The minimum atomic E-state index is -0.565. The Labute approximate surface area is 129 Å².